The van der Waals surface area contributed by atoms with Crippen LogP contribution in [-0.2, 0) is 0 Å². The Balaban J connectivity index is 2.12. The Bertz CT molecular complexity index is 392. The highest BCUT2D eigenvalue weighted by molar-refractivity contribution is 9.10. The third-order valence-electron chi connectivity index (χ3n) is 3.11. The molecule has 0 bridgehead atoms. The number of nitrogens with two attached hydrogens (primary N) is 1. The molecule has 1 fully saturated rings. The fourth-order valence-corrected chi connectivity index (χ4v) is 2.56. The van der Waals surface area contributed by atoms with Gasteiger partial charge in [0, 0.05) is 28.4 Å². The van der Waals surface area contributed by atoms with E-state index in [1.165, 1.54) is 13.0 Å². The summed E-state index contributed by atoms with van der Waals surface area (Å²) in [6.45, 7) is 4.31. The average Bonchev–Trinajstić information content (AvgIpc) is 2.60. The normalized spacial score (nSPS) is 21.3. The standard InChI is InChI=1S/C12H18BrN3/c1-8-5-12(10(13)6-11(8)14)15-9-3-4-16(2)7-9/h5-6,9,15H,3-4,7,14H2,1-2H3. The first-order valence-electron chi connectivity index (χ1n) is 5.57. The molecule has 1 unspecified atom stereocenters. The van der Waals surface area contributed by atoms with Gasteiger partial charge >= 0.3 is 0 Å². The van der Waals surface area contributed by atoms with E-state index < -0.39 is 0 Å². The van der Waals surface area contributed by atoms with Crippen molar-refractivity contribution in [3.8, 4) is 0 Å². The van der Waals surface area contributed by atoms with Crippen LogP contribution in [0.15, 0.2) is 16.6 Å². The second kappa shape index (κ2) is 4.63. The van der Waals surface area contributed by atoms with E-state index in [1.807, 2.05) is 13.0 Å². The molecule has 2 rings (SSSR count). The van der Waals surface area contributed by atoms with Gasteiger partial charge in [0.25, 0.3) is 0 Å². The number of hydrogen-bond acceptors (Lipinski definition) is 3. The van der Waals surface area contributed by atoms with Crippen molar-refractivity contribution in [1.82, 2.24) is 4.90 Å². The number of halogens is 1. The van der Waals surface area contributed by atoms with Gasteiger partial charge in [-0.15, -0.1) is 0 Å². The highest BCUT2D eigenvalue weighted by Crippen LogP contribution is 2.29. The van der Waals surface area contributed by atoms with Gasteiger partial charge in [-0.3, -0.25) is 0 Å². The van der Waals surface area contributed by atoms with Gasteiger partial charge in [-0.25, -0.2) is 0 Å². The first kappa shape index (κ1) is 11.7. The Morgan fingerprint density at radius 3 is 2.88 bits per heavy atom. The van der Waals surface area contributed by atoms with Gasteiger partial charge in [0.1, 0.15) is 0 Å². The van der Waals surface area contributed by atoms with Crippen LogP contribution in [0.4, 0.5) is 11.4 Å². The van der Waals surface area contributed by atoms with E-state index in [4.69, 9.17) is 5.73 Å². The largest absolute Gasteiger partial charge is 0.398 e. The number of anilines is 2. The number of benzene rings is 1. The third kappa shape index (κ3) is 2.50. The highest BCUT2D eigenvalue weighted by atomic mass is 79.9. The first-order chi connectivity index (χ1) is 7.56. The van der Waals surface area contributed by atoms with Gasteiger partial charge in [-0.1, -0.05) is 0 Å². The minimum absolute atomic E-state index is 0.546. The van der Waals surface area contributed by atoms with E-state index in [0.29, 0.717) is 6.04 Å². The monoisotopic (exact) mass is 283 g/mol. The maximum absolute atomic E-state index is 5.85. The number of rotatable bonds is 2. The highest BCUT2D eigenvalue weighted by Gasteiger charge is 2.19. The van der Waals surface area contributed by atoms with Crippen LogP contribution in [0.2, 0.25) is 0 Å². The van der Waals surface area contributed by atoms with E-state index in [-0.39, 0.29) is 0 Å². The molecule has 88 valence electrons. The molecule has 1 aliphatic rings. The lowest BCUT2D eigenvalue weighted by molar-refractivity contribution is 0.414. The molecule has 1 atom stereocenters. The lowest BCUT2D eigenvalue weighted by Gasteiger charge is -2.16. The molecule has 16 heavy (non-hydrogen) atoms. The van der Waals surface area contributed by atoms with E-state index >= 15 is 0 Å². The van der Waals surface area contributed by atoms with Gasteiger partial charge in [-0.2, -0.15) is 0 Å². The third-order valence-corrected chi connectivity index (χ3v) is 3.76. The van der Waals surface area contributed by atoms with Crippen molar-refractivity contribution in [2.45, 2.75) is 19.4 Å². The number of nitrogens with zero attached hydrogens (tertiary/aromatic N) is 1. The summed E-state index contributed by atoms with van der Waals surface area (Å²) in [5.74, 6) is 0. The van der Waals surface area contributed by atoms with Crippen molar-refractivity contribution < 1.29 is 0 Å². The predicted molar refractivity (Wildman–Crippen MR) is 72.8 cm³/mol. The maximum Gasteiger partial charge on any atom is 0.0491 e. The minimum atomic E-state index is 0.546. The Morgan fingerprint density at radius 1 is 1.50 bits per heavy atom. The molecule has 3 N–H and O–H groups in total. The summed E-state index contributed by atoms with van der Waals surface area (Å²) in [4.78, 5) is 2.34. The zero-order valence-corrected chi connectivity index (χ0v) is 11.3. The van der Waals surface area contributed by atoms with Crippen LogP contribution >= 0.6 is 15.9 Å². The molecular formula is C12H18BrN3. The maximum atomic E-state index is 5.85. The lowest BCUT2D eigenvalue weighted by Crippen LogP contribution is -2.23. The van der Waals surface area contributed by atoms with Gasteiger partial charge < -0.3 is 16.0 Å². The Hall–Kier alpha value is -0.740. The fourth-order valence-electron chi connectivity index (χ4n) is 2.08. The lowest BCUT2D eigenvalue weighted by atomic mass is 10.1. The molecule has 0 radical (unpaired) electrons. The summed E-state index contributed by atoms with van der Waals surface area (Å²) in [5, 5.41) is 3.56. The first-order valence-corrected chi connectivity index (χ1v) is 6.36. The van der Waals surface area contributed by atoms with Gasteiger partial charge in [-0.05, 0) is 60.6 Å². The topological polar surface area (TPSA) is 41.3 Å². The Labute approximate surface area is 105 Å². The van der Waals surface area contributed by atoms with Crippen LogP contribution in [0.5, 0.6) is 0 Å². The van der Waals surface area contributed by atoms with Crippen LogP contribution in [0.1, 0.15) is 12.0 Å². The van der Waals surface area contributed by atoms with Crippen LogP contribution in [-0.4, -0.2) is 31.1 Å². The Kier molecular flexibility index (Phi) is 3.40. The number of nitrogen functional groups attached to an aromatic ring is 1. The van der Waals surface area contributed by atoms with Gasteiger partial charge in [0.2, 0.25) is 0 Å². The number of aryl methyl sites for hydroxylation is 1. The van der Waals surface area contributed by atoms with E-state index in [0.717, 1.165) is 28.0 Å². The summed E-state index contributed by atoms with van der Waals surface area (Å²) in [5.41, 5.74) is 8.96. The smallest absolute Gasteiger partial charge is 0.0491 e. The molecule has 1 aromatic rings. The molecule has 0 saturated carbocycles. The van der Waals surface area contributed by atoms with Crippen molar-refractivity contribution in [3.05, 3.63) is 22.2 Å². The molecule has 4 heteroatoms. The fraction of sp³-hybridized carbons (Fsp3) is 0.500. The molecular weight excluding hydrogens is 266 g/mol. The van der Waals surface area contributed by atoms with Gasteiger partial charge in [0.05, 0.1) is 0 Å². The SMILES string of the molecule is Cc1cc(NC2CCN(C)C2)c(Br)cc1N. The number of likely N-dealkylation sites (tertiary alicyclic amines) is 1. The van der Waals surface area contributed by atoms with Crippen LogP contribution in [0.3, 0.4) is 0 Å². The molecule has 1 aliphatic heterocycles. The second-order valence-electron chi connectivity index (χ2n) is 4.58. The molecule has 0 spiro atoms. The summed E-state index contributed by atoms with van der Waals surface area (Å²) in [6.07, 6.45) is 1.20. The van der Waals surface area contributed by atoms with Crippen molar-refractivity contribution in [2.24, 2.45) is 0 Å². The summed E-state index contributed by atoms with van der Waals surface area (Å²) < 4.78 is 1.05. The molecule has 0 aromatic heterocycles. The van der Waals surface area contributed by atoms with Crippen molar-refractivity contribution >= 4 is 27.3 Å². The molecule has 1 heterocycles. The molecule has 0 aliphatic carbocycles. The van der Waals surface area contributed by atoms with Crippen LogP contribution in [0, 0.1) is 6.92 Å². The average molecular weight is 284 g/mol. The summed E-state index contributed by atoms with van der Waals surface area (Å²) in [7, 11) is 2.16. The van der Waals surface area contributed by atoms with E-state index in [2.05, 4.69) is 39.3 Å². The van der Waals surface area contributed by atoms with Crippen molar-refractivity contribution in [3.63, 3.8) is 0 Å². The second-order valence-corrected chi connectivity index (χ2v) is 5.44. The van der Waals surface area contributed by atoms with Crippen molar-refractivity contribution in [2.75, 3.05) is 31.2 Å². The van der Waals surface area contributed by atoms with Crippen LogP contribution in [0.25, 0.3) is 0 Å². The zero-order valence-electron chi connectivity index (χ0n) is 9.76. The predicted octanol–water partition coefficient (Wildman–Crippen LogP) is 2.46. The zero-order chi connectivity index (χ0) is 11.7. The van der Waals surface area contributed by atoms with E-state index in [1.54, 1.807) is 0 Å². The number of likely N-dealkylation sites (N-methyl/N-ethyl adjacent to an activating group) is 1. The molecule has 0 amide bonds. The summed E-state index contributed by atoms with van der Waals surface area (Å²) in [6, 6.07) is 4.62. The van der Waals surface area contributed by atoms with Crippen molar-refractivity contribution in [1.29, 1.82) is 0 Å². The molecule has 1 aromatic carbocycles. The summed E-state index contributed by atoms with van der Waals surface area (Å²) >= 11 is 3.55. The molecule has 1 saturated heterocycles. The van der Waals surface area contributed by atoms with Crippen LogP contribution < -0.4 is 11.1 Å². The number of hydrogen-bond donors (Lipinski definition) is 2. The molecule has 3 nitrogen and oxygen atoms in total. The Morgan fingerprint density at radius 2 is 2.25 bits per heavy atom. The minimum Gasteiger partial charge on any atom is -0.398 e. The van der Waals surface area contributed by atoms with E-state index in [9.17, 15) is 0 Å². The number of nitrogens with one attached hydrogen (secondary N) is 1. The van der Waals surface area contributed by atoms with Gasteiger partial charge in [0.15, 0.2) is 0 Å². The quantitative estimate of drug-likeness (QED) is 0.820.